The minimum Gasteiger partial charge on any atom is -0.316 e. The largest absolute Gasteiger partial charge is 0.316 e. The van der Waals surface area contributed by atoms with Gasteiger partial charge in [-0.1, -0.05) is 19.3 Å². The summed E-state index contributed by atoms with van der Waals surface area (Å²) in [5.74, 6) is 1.34. The van der Waals surface area contributed by atoms with Crippen molar-refractivity contribution in [1.29, 1.82) is 0 Å². The number of fused-ring (bicyclic) bond motifs is 1. The van der Waals surface area contributed by atoms with Crippen LogP contribution in [0, 0.1) is 11.8 Å². The Balaban J connectivity index is 1.75. The molecule has 0 spiro atoms. The Morgan fingerprint density at radius 1 is 1.29 bits per heavy atom. The van der Waals surface area contributed by atoms with Crippen LogP contribution >= 0.6 is 11.3 Å². The number of nitrogens with zero attached hydrogens (tertiary/aromatic N) is 1. The number of sulfonamides is 1. The number of piperidine rings is 1. The van der Waals surface area contributed by atoms with Gasteiger partial charge in [-0.05, 0) is 48.7 Å². The molecule has 1 aromatic heterocycles. The quantitative estimate of drug-likeness (QED) is 0.924. The Kier molecular flexibility index (Phi) is 4.69. The van der Waals surface area contributed by atoms with Gasteiger partial charge in [0.15, 0.2) is 0 Å². The molecule has 2 atom stereocenters. The van der Waals surface area contributed by atoms with Crippen LogP contribution in [0.5, 0.6) is 0 Å². The first-order valence-electron chi connectivity index (χ1n) is 7.83. The summed E-state index contributed by atoms with van der Waals surface area (Å²) in [5, 5.41) is 5.00. The van der Waals surface area contributed by atoms with E-state index in [0.717, 1.165) is 31.0 Å². The van der Waals surface area contributed by atoms with Crippen LogP contribution in [0.2, 0.25) is 0 Å². The van der Waals surface area contributed by atoms with Crippen LogP contribution in [-0.4, -0.2) is 32.9 Å². The lowest BCUT2D eigenvalue weighted by atomic mass is 9.76. The van der Waals surface area contributed by atoms with Crippen molar-refractivity contribution in [3.63, 3.8) is 0 Å². The number of hydrogen-bond acceptors (Lipinski definition) is 4. The third kappa shape index (κ3) is 3.18. The van der Waals surface area contributed by atoms with E-state index >= 15 is 0 Å². The molecule has 1 N–H and O–H groups in total. The average molecular weight is 329 g/mol. The number of hydrogen-bond donors (Lipinski definition) is 1. The van der Waals surface area contributed by atoms with Crippen LogP contribution in [0.25, 0.3) is 0 Å². The Hall–Kier alpha value is -0.430. The normalized spacial score (nSPS) is 27.5. The highest BCUT2D eigenvalue weighted by Crippen LogP contribution is 2.38. The Bertz CT molecular complexity index is 582. The molecule has 6 heteroatoms. The molecule has 21 heavy (non-hydrogen) atoms. The highest BCUT2D eigenvalue weighted by molar-refractivity contribution is 7.91. The molecule has 1 saturated carbocycles. The van der Waals surface area contributed by atoms with E-state index < -0.39 is 10.0 Å². The second kappa shape index (κ2) is 6.36. The lowest BCUT2D eigenvalue weighted by molar-refractivity contribution is 0.136. The van der Waals surface area contributed by atoms with E-state index in [1.54, 1.807) is 4.31 Å². The third-order valence-corrected chi connectivity index (χ3v) is 8.19. The van der Waals surface area contributed by atoms with Crippen LogP contribution in [0.1, 0.15) is 37.7 Å². The molecule has 2 aliphatic rings. The van der Waals surface area contributed by atoms with Gasteiger partial charge in [0.05, 0.1) is 0 Å². The molecule has 0 bridgehead atoms. The minimum atomic E-state index is -3.29. The Labute approximate surface area is 131 Å². The highest BCUT2D eigenvalue weighted by atomic mass is 32.2. The van der Waals surface area contributed by atoms with E-state index in [4.69, 9.17) is 0 Å². The van der Waals surface area contributed by atoms with E-state index in [1.165, 1.54) is 37.0 Å². The van der Waals surface area contributed by atoms with Crippen LogP contribution < -0.4 is 5.32 Å². The monoisotopic (exact) mass is 328 g/mol. The van der Waals surface area contributed by atoms with Crippen LogP contribution in [0.15, 0.2) is 15.7 Å². The van der Waals surface area contributed by atoms with E-state index in [1.807, 2.05) is 18.5 Å². The second-order valence-electron chi connectivity index (χ2n) is 6.26. The van der Waals surface area contributed by atoms with Gasteiger partial charge in [-0.2, -0.15) is 4.31 Å². The van der Waals surface area contributed by atoms with Crippen molar-refractivity contribution in [2.75, 3.05) is 20.1 Å². The topological polar surface area (TPSA) is 49.4 Å². The Morgan fingerprint density at radius 2 is 2.05 bits per heavy atom. The number of thiophene rings is 1. The van der Waals surface area contributed by atoms with Gasteiger partial charge >= 0.3 is 0 Å². The molecule has 2 unspecified atom stereocenters. The number of rotatable bonds is 4. The summed E-state index contributed by atoms with van der Waals surface area (Å²) in [7, 11) is -1.41. The van der Waals surface area contributed by atoms with Crippen molar-refractivity contribution < 1.29 is 8.42 Å². The molecule has 0 amide bonds. The van der Waals surface area contributed by atoms with Crippen LogP contribution in [0.3, 0.4) is 0 Å². The molecule has 3 rings (SSSR count). The van der Waals surface area contributed by atoms with E-state index in [0.29, 0.717) is 16.7 Å². The number of nitrogens with one attached hydrogen (secondary N) is 1. The second-order valence-corrected chi connectivity index (χ2v) is 9.34. The molecular formula is C15H24N2O2S2. The fourth-order valence-electron chi connectivity index (χ4n) is 3.70. The van der Waals surface area contributed by atoms with E-state index in [9.17, 15) is 8.42 Å². The zero-order valence-corrected chi connectivity index (χ0v) is 14.2. The summed E-state index contributed by atoms with van der Waals surface area (Å²) in [6.45, 7) is 2.14. The van der Waals surface area contributed by atoms with Crippen molar-refractivity contribution in [1.82, 2.24) is 9.62 Å². The molecule has 0 radical (unpaired) electrons. The predicted molar refractivity (Wildman–Crippen MR) is 85.9 cm³/mol. The standard InChI is InChI=1S/C15H24N2O2S2/c1-16-9-12-8-15(20-11-12)21(18,19)17-7-6-13-4-2-3-5-14(13)10-17/h8,11,13-14,16H,2-7,9-10H2,1H3. The summed E-state index contributed by atoms with van der Waals surface area (Å²) < 4.78 is 27.8. The van der Waals surface area contributed by atoms with E-state index in [2.05, 4.69) is 5.32 Å². The molecule has 0 aromatic carbocycles. The maximum absolute atomic E-state index is 12.8. The van der Waals surface area contributed by atoms with Crippen molar-refractivity contribution in [3.8, 4) is 0 Å². The highest BCUT2D eigenvalue weighted by Gasteiger charge is 2.36. The van der Waals surface area contributed by atoms with Gasteiger partial charge in [-0.25, -0.2) is 8.42 Å². The van der Waals surface area contributed by atoms with Crippen LogP contribution in [-0.2, 0) is 16.6 Å². The first kappa shape index (κ1) is 15.5. The maximum atomic E-state index is 12.8. The molecular weight excluding hydrogens is 304 g/mol. The fraction of sp³-hybridized carbons (Fsp3) is 0.733. The smallest absolute Gasteiger partial charge is 0.252 e. The molecule has 1 aromatic rings. The average Bonchev–Trinajstić information content (AvgIpc) is 2.96. The predicted octanol–water partition coefficient (Wildman–Crippen LogP) is 2.67. The van der Waals surface area contributed by atoms with Crippen molar-refractivity contribution in [2.24, 2.45) is 11.8 Å². The van der Waals surface area contributed by atoms with Gasteiger partial charge in [-0.15, -0.1) is 11.3 Å². The molecule has 2 fully saturated rings. The summed E-state index contributed by atoms with van der Waals surface area (Å²) in [6, 6.07) is 1.82. The minimum absolute atomic E-state index is 0.502. The van der Waals surface area contributed by atoms with Gasteiger partial charge in [0.1, 0.15) is 4.21 Å². The SMILES string of the molecule is CNCc1csc(S(=O)(=O)N2CCC3CCCCC3C2)c1. The van der Waals surface area contributed by atoms with Crippen LogP contribution in [0.4, 0.5) is 0 Å². The van der Waals surface area contributed by atoms with Gasteiger partial charge in [0, 0.05) is 19.6 Å². The van der Waals surface area contributed by atoms with Crippen molar-refractivity contribution in [2.45, 2.75) is 42.9 Å². The molecule has 4 nitrogen and oxygen atoms in total. The zero-order chi connectivity index (χ0) is 14.9. The maximum Gasteiger partial charge on any atom is 0.252 e. The summed E-state index contributed by atoms with van der Waals surface area (Å²) in [6.07, 6.45) is 6.13. The summed E-state index contributed by atoms with van der Waals surface area (Å²) in [5.41, 5.74) is 1.05. The molecule has 1 saturated heterocycles. The third-order valence-electron chi connectivity index (χ3n) is 4.86. The van der Waals surface area contributed by atoms with Gasteiger partial charge in [0.25, 0.3) is 10.0 Å². The lowest BCUT2D eigenvalue weighted by Crippen LogP contribution is -2.44. The zero-order valence-electron chi connectivity index (χ0n) is 12.5. The van der Waals surface area contributed by atoms with Crippen molar-refractivity contribution in [3.05, 3.63) is 17.0 Å². The van der Waals surface area contributed by atoms with Gasteiger partial charge < -0.3 is 5.32 Å². The fourth-order valence-corrected chi connectivity index (χ4v) is 6.57. The van der Waals surface area contributed by atoms with E-state index in [-0.39, 0.29) is 0 Å². The molecule has 118 valence electrons. The summed E-state index contributed by atoms with van der Waals surface area (Å²) in [4.78, 5) is 0. The molecule has 1 aliphatic heterocycles. The molecule has 2 heterocycles. The van der Waals surface area contributed by atoms with Crippen molar-refractivity contribution >= 4 is 21.4 Å². The van der Waals surface area contributed by atoms with Gasteiger partial charge in [-0.3, -0.25) is 0 Å². The molecule has 1 aliphatic carbocycles. The Morgan fingerprint density at radius 3 is 2.81 bits per heavy atom. The first-order chi connectivity index (χ1) is 10.1. The summed E-state index contributed by atoms with van der Waals surface area (Å²) >= 11 is 1.35. The first-order valence-corrected chi connectivity index (χ1v) is 10.2. The lowest BCUT2D eigenvalue weighted by Gasteiger charge is -2.40. The van der Waals surface area contributed by atoms with Gasteiger partial charge in [0.2, 0.25) is 0 Å².